The number of furan rings is 1. The Balaban J connectivity index is 1.78. The van der Waals surface area contributed by atoms with Crippen LogP contribution in [0.1, 0.15) is 30.8 Å². The number of alkyl halides is 2. The summed E-state index contributed by atoms with van der Waals surface area (Å²) in [5, 5.41) is 12.3. The lowest BCUT2D eigenvalue weighted by Crippen LogP contribution is -2.31. The van der Waals surface area contributed by atoms with Gasteiger partial charge in [-0.2, -0.15) is 14.0 Å². The van der Waals surface area contributed by atoms with Crippen LogP contribution in [0.5, 0.6) is 0 Å². The van der Waals surface area contributed by atoms with E-state index in [1.165, 1.54) is 0 Å². The molecule has 1 aliphatic carbocycles. The molecule has 0 bridgehead atoms. The zero-order valence-corrected chi connectivity index (χ0v) is 11.3. The summed E-state index contributed by atoms with van der Waals surface area (Å²) in [5.74, 6) is -0.828. The molecular weight excluding hydrogens is 270 g/mol. The van der Waals surface area contributed by atoms with Gasteiger partial charge in [-0.05, 0) is 25.0 Å². The Labute approximate surface area is 115 Å². The van der Waals surface area contributed by atoms with Gasteiger partial charge in [0.2, 0.25) is 0 Å². The molecule has 1 saturated carbocycles. The van der Waals surface area contributed by atoms with Gasteiger partial charge in [0.1, 0.15) is 11.5 Å². The largest absolute Gasteiger partial charge is 0.464 e. The Bertz CT molecular complexity index is 444. The van der Waals surface area contributed by atoms with E-state index in [0.717, 1.165) is 25.0 Å². The van der Waals surface area contributed by atoms with Crippen LogP contribution < -0.4 is 5.32 Å². The average molecular weight is 286 g/mol. The number of nitrogens with one attached hydrogen (secondary N) is 1. The summed E-state index contributed by atoms with van der Waals surface area (Å²) >= 11 is 0.555. The standard InChI is InChI=1S/C13H16F2N2OS/c14-13(15)19-8-11-5-4-10(18-11)7-17-12-3-1-2-9(12)6-16/h4-5,9,12-13,17H,1-3,7-8H2. The molecule has 1 N–H and O–H groups in total. The zero-order chi connectivity index (χ0) is 13.7. The minimum absolute atomic E-state index is 0.0730. The summed E-state index contributed by atoms with van der Waals surface area (Å²) in [4.78, 5) is 0. The molecule has 0 radical (unpaired) electrons. The molecule has 0 amide bonds. The molecule has 2 unspecified atom stereocenters. The summed E-state index contributed by atoms with van der Waals surface area (Å²) in [5.41, 5.74) is 0. The summed E-state index contributed by atoms with van der Waals surface area (Å²) in [6.07, 6.45) is 3.03. The normalized spacial score (nSPS) is 22.8. The van der Waals surface area contributed by atoms with E-state index < -0.39 is 5.76 Å². The molecule has 1 aromatic rings. The number of nitrogens with zero attached hydrogens (tertiary/aromatic N) is 1. The van der Waals surface area contributed by atoms with Gasteiger partial charge in [0.15, 0.2) is 0 Å². The number of hydrogen-bond acceptors (Lipinski definition) is 4. The highest BCUT2D eigenvalue weighted by Crippen LogP contribution is 2.25. The minimum Gasteiger partial charge on any atom is -0.464 e. The lowest BCUT2D eigenvalue weighted by molar-refractivity contribution is 0.251. The van der Waals surface area contributed by atoms with Crippen LogP contribution in [0.2, 0.25) is 0 Å². The van der Waals surface area contributed by atoms with Crippen LogP contribution in [0, 0.1) is 17.2 Å². The molecule has 6 heteroatoms. The number of halogens is 2. The van der Waals surface area contributed by atoms with E-state index in [0.29, 0.717) is 24.1 Å². The molecule has 2 atom stereocenters. The van der Waals surface area contributed by atoms with Crippen molar-refractivity contribution in [2.75, 3.05) is 0 Å². The van der Waals surface area contributed by atoms with Crippen molar-refractivity contribution in [3.05, 3.63) is 23.7 Å². The van der Waals surface area contributed by atoms with Crippen LogP contribution >= 0.6 is 11.8 Å². The van der Waals surface area contributed by atoms with Gasteiger partial charge in [-0.3, -0.25) is 0 Å². The first-order chi connectivity index (χ1) is 9.19. The van der Waals surface area contributed by atoms with Crippen molar-refractivity contribution < 1.29 is 13.2 Å². The molecule has 1 heterocycles. The molecule has 1 fully saturated rings. The molecule has 0 aromatic carbocycles. The van der Waals surface area contributed by atoms with Gasteiger partial charge in [0.05, 0.1) is 24.3 Å². The molecule has 19 heavy (non-hydrogen) atoms. The van der Waals surface area contributed by atoms with Gasteiger partial charge in [0, 0.05) is 6.04 Å². The van der Waals surface area contributed by atoms with Crippen molar-refractivity contribution >= 4 is 11.8 Å². The summed E-state index contributed by atoms with van der Waals surface area (Å²) < 4.78 is 29.5. The predicted molar refractivity (Wildman–Crippen MR) is 69.6 cm³/mol. The maximum atomic E-state index is 12.0. The Morgan fingerprint density at radius 3 is 2.95 bits per heavy atom. The molecule has 2 rings (SSSR count). The minimum atomic E-state index is -2.37. The van der Waals surface area contributed by atoms with Gasteiger partial charge in [-0.25, -0.2) is 0 Å². The molecule has 1 aromatic heterocycles. The molecule has 0 spiro atoms. The second-order valence-electron chi connectivity index (χ2n) is 4.59. The first-order valence-corrected chi connectivity index (χ1v) is 7.34. The third-order valence-corrected chi connectivity index (χ3v) is 3.99. The SMILES string of the molecule is N#CC1CCCC1NCc1ccc(CSC(F)F)o1. The first-order valence-electron chi connectivity index (χ1n) is 6.29. The second kappa shape index (κ2) is 6.92. The number of nitriles is 1. The maximum absolute atomic E-state index is 12.0. The number of hydrogen-bond donors (Lipinski definition) is 1. The van der Waals surface area contributed by atoms with E-state index in [2.05, 4.69) is 11.4 Å². The van der Waals surface area contributed by atoms with Crippen molar-refractivity contribution in [1.82, 2.24) is 5.32 Å². The Morgan fingerprint density at radius 1 is 1.42 bits per heavy atom. The lowest BCUT2D eigenvalue weighted by Gasteiger charge is -2.14. The quantitative estimate of drug-likeness (QED) is 0.869. The lowest BCUT2D eigenvalue weighted by atomic mass is 10.1. The molecular formula is C13H16F2N2OS. The Hall–Kier alpha value is -1.06. The monoisotopic (exact) mass is 286 g/mol. The Kier molecular flexibility index (Phi) is 5.23. The highest BCUT2D eigenvalue weighted by atomic mass is 32.2. The van der Waals surface area contributed by atoms with E-state index in [4.69, 9.17) is 9.68 Å². The fourth-order valence-corrected chi connectivity index (χ4v) is 2.78. The summed E-state index contributed by atoms with van der Waals surface area (Å²) in [7, 11) is 0. The molecule has 1 aliphatic rings. The molecule has 0 saturated heterocycles. The van der Waals surface area contributed by atoms with Crippen LogP contribution in [0.25, 0.3) is 0 Å². The van der Waals surface area contributed by atoms with Crippen LogP contribution in [0.4, 0.5) is 8.78 Å². The van der Waals surface area contributed by atoms with Gasteiger partial charge in [0.25, 0.3) is 5.76 Å². The van der Waals surface area contributed by atoms with Crippen LogP contribution in [-0.4, -0.2) is 11.8 Å². The van der Waals surface area contributed by atoms with Crippen molar-refractivity contribution in [3.63, 3.8) is 0 Å². The molecule has 0 aliphatic heterocycles. The highest BCUT2D eigenvalue weighted by molar-refractivity contribution is 7.98. The van der Waals surface area contributed by atoms with Crippen molar-refractivity contribution in [1.29, 1.82) is 5.26 Å². The van der Waals surface area contributed by atoms with Gasteiger partial charge in [-0.1, -0.05) is 18.2 Å². The second-order valence-corrected chi connectivity index (χ2v) is 5.57. The average Bonchev–Trinajstić information content (AvgIpc) is 3.02. The van der Waals surface area contributed by atoms with Gasteiger partial charge < -0.3 is 9.73 Å². The van der Waals surface area contributed by atoms with Crippen molar-refractivity contribution in [3.8, 4) is 6.07 Å². The fourth-order valence-electron chi connectivity index (χ4n) is 2.33. The maximum Gasteiger partial charge on any atom is 0.284 e. The van der Waals surface area contributed by atoms with Crippen LogP contribution in [0.3, 0.4) is 0 Å². The smallest absolute Gasteiger partial charge is 0.284 e. The van der Waals surface area contributed by atoms with E-state index in [9.17, 15) is 8.78 Å². The van der Waals surface area contributed by atoms with Crippen molar-refractivity contribution in [2.24, 2.45) is 5.92 Å². The highest BCUT2D eigenvalue weighted by Gasteiger charge is 2.26. The Morgan fingerprint density at radius 2 is 2.21 bits per heavy atom. The fraction of sp³-hybridized carbons (Fsp3) is 0.615. The van der Waals surface area contributed by atoms with E-state index >= 15 is 0 Å². The molecule has 104 valence electrons. The zero-order valence-electron chi connectivity index (χ0n) is 10.4. The van der Waals surface area contributed by atoms with Crippen molar-refractivity contribution in [2.45, 2.75) is 43.4 Å². The van der Waals surface area contributed by atoms with E-state index in [-0.39, 0.29) is 17.7 Å². The topological polar surface area (TPSA) is 49.0 Å². The number of rotatable bonds is 6. The summed E-state index contributed by atoms with van der Waals surface area (Å²) in [6, 6.07) is 6.05. The van der Waals surface area contributed by atoms with E-state index in [1.807, 2.05) is 0 Å². The van der Waals surface area contributed by atoms with Gasteiger partial charge >= 0.3 is 0 Å². The van der Waals surface area contributed by atoms with E-state index in [1.54, 1.807) is 12.1 Å². The first kappa shape index (κ1) is 14.4. The predicted octanol–water partition coefficient (Wildman–Crippen LogP) is 3.52. The third kappa shape index (κ3) is 4.22. The van der Waals surface area contributed by atoms with Crippen LogP contribution in [-0.2, 0) is 12.3 Å². The molecule has 3 nitrogen and oxygen atoms in total. The summed E-state index contributed by atoms with van der Waals surface area (Å²) in [6.45, 7) is 0.544. The van der Waals surface area contributed by atoms with Crippen LogP contribution in [0.15, 0.2) is 16.5 Å². The number of thioether (sulfide) groups is 1. The van der Waals surface area contributed by atoms with Gasteiger partial charge in [-0.15, -0.1) is 0 Å². The third-order valence-electron chi connectivity index (χ3n) is 3.29.